The molecule has 0 spiro atoms. The second-order valence-electron chi connectivity index (χ2n) is 8.73. The first kappa shape index (κ1) is 23.5. The summed E-state index contributed by atoms with van der Waals surface area (Å²) in [6.45, 7) is 6.68. The minimum absolute atomic E-state index is 0.0264. The Morgan fingerprint density at radius 1 is 1.16 bits per heavy atom. The highest BCUT2D eigenvalue weighted by Crippen LogP contribution is 2.43. The highest BCUT2D eigenvalue weighted by atomic mass is 32.1. The highest BCUT2D eigenvalue weighted by molar-refractivity contribution is 7.10. The average Bonchev–Trinajstić information content (AvgIpc) is 3.33. The minimum atomic E-state index is -0.765. The fourth-order valence-electron chi connectivity index (χ4n) is 3.52. The van der Waals surface area contributed by atoms with Gasteiger partial charge in [0, 0.05) is 22.5 Å². The van der Waals surface area contributed by atoms with E-state index < -0.39 is 42.0 Å². The van der Waals surface area contributed by atoms with E-state index in [0.717, 1.165) is 10.4 Å². The molecule has 1 saturated heterocycles. The molecular formula is C23H27N3O5S. The number of hydrogen-bond acceptors (Lipinski definition) is 6. The number of ether oxygens (including phenoxy) is 1. The van der Waals surface area contributed by atoms with Gasteiger partial charge >= 0.3 is 12.0 Å². The molecule has 2 aromatic rings. The number of nitrogens with zero attached hydrogens (tertiary/aromatic N) is 1. The van der Waals surface area contributed by atoms with Crippen LogP contribution in [0.25, 0.3) is 0 Å². The minimum Gasteiger partial charge on any atom is -0.455 e. The van der Waals surface area contributed by atoms with Gasteiger partial charge in [0.2, 0.25) is 5.91 Å². The number of imide groups is 1. The van der Waals surface area contributed by atoms with Gasteiger partial charge in [-0.15, -0.1) is 11.3 Å². The van der Waals surface area contributed by atoms with Crippen molar-refractivity contribution in [2.45, 2.75) is 45.7 Å². The van der Waals surface area contributed by atoms with Crippen molar-refractivity contribution < 1.29 is 23.9 Å². The number of thiophene rings is 1. The zero-order chi connectivity index (χ0) is 23.5. The Labute approximate surface area is 190 Å². The van der Waals surface area contributed by atoms with Crippen LogP contribution in [-0.2, 0) is 19.1 Å². The number of aryl methyl sites for hydroxylation is 1. The lowest BCUT2D eigenvalue weighted by molar-refractivity contribution is -0.152. The molecule has 3 rings (SSSR count). The maximum Gasteiger partial charge on any atom is 0.321 e. The van der Waals surface area contributed by atoms with Gasteiger partial charge in [0.25, 0.3) is 5.91 Å². The van der Waals surface area contributed by atoms with Crippen molar-refractivity contribution in [1.29, 1.82) is 0 Å². The molecule has 2 N–H and O–H groups in total. The number of nitrogens with one attached hydrogen (secondary N) is 2. The number of amides is 4. The van der Waals surface area contributed by atoms with E-state index in [1.807, 2.05) is 48.7 Å². The van der Waals surface area contributed by atoms with E-state index in [1.165, 1.54) is 11.3 Å². The largest absolute Gasteiger partial charge is 0.455 e. The monoisotopic (exact) mass is 457 g/mol. The summed E-state index contributed by atoms with van der Waals surface area (Å²) in [5.41, 5.74) is 1.25. The van der Waals surface area contributed by atoms with Crippen molar-refractivity contribution in [2.75, 3.05) is 11.5 Å². The number of esters is 1. The first-order chi connectivity index (χ1) is 15.0. The molecule has 8 nitrogen and oxygen atoms in total. The molecule has 0 unspecified atom stereocenters. The fourth-order valence-corrected chi connectivity index (χ4v) is 4.40. The molecule has 0 radical (unpaired) electrons. The van der Waals surface area contributed by atoms with Gasteiger partial charge in [-0.2, -0.15) is 0 Å². The summed E-state index contributed by atoms with van der Waals surface area (Å²) in [6.07, 6.45) is -0.0264. The van der Waals surface area contributed by atoms with E-state index in [0.29, 0.717) is 5.69 Å². The number of rotatable bonds is 5. The first-order valence-corrected chi connectivity index (χ1v) is 11.1. The topological polar surface area (TPSA) is 105 Å². The number of carbonyl (C=O) groups is 4. The molecule has 1 aromatic heterocycles. The zero-order valence-corrected chi connectivity index (χ0v) is 19.3. The predicted molar refractivity (Wildman–Crippen MR) is 121 cm³/mol. The maximum atomic E-state index is 12.9. The molecule has 1 aromatic carbocycles. The van der Waals surface area contributed by atoms with Crippen molar-refractivity contribution in [3.05, 3.63) is 52.2 Å². The van der Waals surface area contributed by atoms with Crippen molar-refractivity contribution in [3.63, 3.8) is 0 Å². The Balaban J connectivity index is 1.71. The Hall–Kier alpha value is -3.20. The molecule has 4 amide bonds. The third kappa shape index (κ3) is 5.73. The van der Waals surface area contributed by atoms with Gasteiger partial charge < -0.3 is 15.0 Å². The Kier molecular flexibility index (Phi) is 6.98. The molecule has 2 atom stereocenters. The summed E-state index contributed by atoms with van der Waals surface area (Å²) in [6, 6.07) is 10.1. The number of carbonyl (C=O) groups excluding carboxylic acids is 4. The number of benzene rings is 1. The van der Waals surface area contributed by atoms with Gasteiger partial charge in [-0.1, -0.05) is 23.8 Å². The van der Waals surface area contributed by atoms with Crippen LogP contribution in [0.5, 0.6) is 0 Å². The summed E-state index contributed by atoms with van der Waals surface area (Å²) >= 11 is 1.45. The molecule has 1 aliphatic rings. The van der Waals surface area contributed by atoms with Crippen LogP contribution in [0.2, 0.25) is 0 Å². The molecular weight excluding hydrogens is 430 g/mol. The summed E-state index contributed by atoms with van der Waals surface area (Å²) in [4.78, 5) is 52.1. The van der Waals surface area contributed by atoms with E-state index >= 15 is 0 Å². The third-order valence-corrected chi connectivity index (χ3v) is 5.80. The Morgan fingerprint density at radius 3 is 2.44 bits per heavy atom. The Bertz CT molecular complexity index is 996. The standard InChI is InChI=1S/C23H27N3O5S/c1-14-7-9-15(10-8-14)26-19(28)12-16(20(26)17-6-5-11-32-17)21(29)31-13-18(27)24-22(30)25-23(2,3)4/h5-11,16,20H,12-13H2,1-4H3,(H2,24,25,27,30)/t16-,20+/m1/s1. The van der Waals surface area contributed by atoms with Gasteiger partial charge in [-0.05, 0) is 51.3 Å². The molecule has 0 aliphatic carbocycles. The van der Waals surface area contributed by atoms with Crippen molar-refractivity contribution in [2.24, 2.45) is 5.92 Å². The quantitative estimate of drug-likeness (QED) is 0.670. The molecule has 0 saturated carbocycles. The first-order valence-electron chi connectivity index (χ1n) is 10.3. The van der Waals surface area contributed by atoms with E-state index in [-0.39, 0.29) is 12.3 Å². The highest BCUT2D eigenvalue weighted by Gasteiger charge is 2.46. The zero-order valence-electron chi connectivity index (χ0n) is 18.5. The average molecular weight is 458 g/mol. The van der Waals surface area contributed by atoms with Crippen LogP contribution in [0.15, 0.2) is 41.8 Å². The second kappa shape index (κ2) is 9.52. The van der Waals surface area contributed by atoms with Crippen molar-refractivity contribution >= 4 is 40.8 Å². The predicted octanol–water partition coefficient (Wildman–Crippen LogP) is 3.32. The molecule has 0 bridgehead atoms. The fraction of sp³-hybridized carbons (Fsp3) is 0.391. The molecule has 2 heterocycles. The normalized spacial score (nSPS) is 18.4. The molecule has 32 heavy (non-hydrogen) atoms. The van der Waals surface area contributed by atoms with Crippen LogP contribution in [0.3, 0.4) is 0 Å². The van der Waals surface area contributed by atoms with Crippen LogP contribution in [-0.4, -0.2) is 36.0 Å². The summed E-state index contributed by atoms with van der Waals surface area (Å²) in [7, 11) is 0. The number of hydrogen-bond donors (Lipinski definition) is 2. The SMILES string of the molecule is Cc1ccc(N2C(=O)C[C@@H](C(=O)OCC(=O)NC(=O)NC(C)(C)C)[C@H]2c2cccs2)cc1. The van der Waals surface area contributed by atoms with Gasteiger partial charge in [-0.3, -0.25) is 19.7 Å². The van der Waals surface area contributed by atoms with E-state index in [4.69, 9.17) is 4.74 Å². The van der Waals surface area contributed by atoms with Crippen LogP contribution < -0.4 is 15.5 Å². The number of urea groups is 1. The van der Waals surface area contributed by atoms with Crippen LogP contribution in [0.1, 0.15) is 43.7 Å². The molecule has 170 valence electrons. The lowest BCUT2D eigenvalue weighted by atomic mass is 9.99. The number of anilines is 1. The van der Waals surface area contributed by atoms with Gasteiger partial charge in [-0.25, -0.2) is 4.79 Å². The van der Waals surface area contributed by atoms with E-state index in [9.17, 15) is 19.2 Å². The summed E-state index contributed by atoms with van der Waals surface area (Å²) in [5.74, 6) is -2.35. The molecule has 1 fully saturated rings. The smallest absolute Gasteiger partial charge is 0.321 e. The van der Waals surface area contributed by atoms with E-state index in [1.54, 1.807) is 25.7 Å². The van der Waals surface area contributed by atoms with Crippen LogP contribution >= 0.6 is 11.3 Å². The lowest BCUT2D eigenvalue weighted by Gasteiger charge is -2.27. The lowest BCUT2D eigenvalue weighted by Crippen LogP contribution is -2.49. The van der Waals surface area contributed by atoms with Crippen LogP contribution in [0, 0.1) is 12.8 Å². The van der Waals surface area contributed by atoms with Crippen LogP contribution in [0.4, 0.5) is 10.5 Å². The Morgan fingerprint density at radius 2 is 1.84 bits per heavy atom. The maximum absolute atomic E-state index is 12.9. The third-order valence-electron chi connectivity index (χ3n) is 4.86. The van der Waals surface area contributed by atoms with Gasteiger partial charge in [0.1, 0.15) is 0 Å². The van der Waals surface area contributed by atoms with E-state index in [2.05, 4.69) is 10.6 Å². The summed E-state index contributed by atoms with van der Waals surface area (Å²) in [5, 5.41) is 6.60. The molecule has 1 aliphatic heterocycles. The van der Waals surface area contributed by atoms with Gasteiger partial charge in [0.05, 0.1) is 12.0 Å². The van der Waals surface area contributed by atoms with Gasteiger partial charge in [0.15, 0.2) is 6.61 Å². The second-order valence-corrected chi connectivity index (χ2v) is 9.71. The van der Waals surface area contributed by atoms with Crippen molar-refractivity contribution in [1.82, 2.24) is 10.6 Å². The summed E-state index contributed by atoms with van der Waals surface area (Å²) < 4.78 is 5.19. The van der Waals surface area contributed by atoms with Crippen molar-refractivity contribution in [3.8, 4) is 0 Å². The molecule has 9 heteroatoms.